The number of alkyl halides is 1. The summed E-state index contributed by atoms with van der Waals surface area (Å²) in [5.74, 6) is 0.992. The Bertz CT molecular complexity index is 375. The Hall–Kier alpha value is -1.29. The van der Waals surface area contributed by atoms with Crippen LogP contribution in [-0.4, -0.2) is 47.3 Å². The summed E-state index contributed by atoms with van der Waals surface area (Å²) in [6, 6.07) is 5.86. The highest BCUT2D eigenvalue weighted by Gasteiger charge is 2.23. The zero-order chi connectivity index (χ0) is 12.3. The molecule has 5 heteroatoms. The summed E-state index contributed by atoms with van der Waals surface area (Å²) in [4.78, 5) is 20.0. The summed E-state index contributed by atoms with van der Waals surface area (Å²) in [5, 5.41) is -0.434. The van der Waals surface area contributed by atoms with Gasteiger partial charge >= 0.3 is 0 Å². The van der Waals surface area contributed by atoms with Gasteiger partial charge in [0.25, 0.3) is 0 Å². The predicted molar refractivity (Wildman–Crippen MR) is 68.3 cm³/mol. The number of halogens is 1. The molecule has 4 nitrogen and oxygen atoms in total. The molecular weight excluding hydrogens is 238 g/mol. The van der Waals surface area contributed by atoms with E-state index in [-0.39, 0.29) is 5.91 Å². The van der Waals surface area contributed by atoms with Crippen molar-refractivity contribution in [2.75, 3.05) is 31.1 Å². The Balaban J connectivity index is 1.93. The van der Waals surface area contributed by atoms with Crippen LogP contribution in [0.4, 0.5) is 5.82 Å². The van der Waals surface area contributed by atoms with Crippen LogP contribution in [0.2, 0.25) is 0 Å². The minimum absolute atomic E-state index is 0.0207. The van der Waals surface area contributed by atoms with Crippen LogP contribution >= 0.6 is 11.6 Å². The van der Waals surface area contributed by atoms with E-state index < -0.39 is 5.38 Å². The van der Waals surface area contributed by atoms with Crippen molar-refractivity contribution in [3.8, 4) is 0 Å². The molecule has 2 rings (SSSR count). The van der Waals surface area contributed by atoms with Gasteiger partial charge in [0.05, 0.1) is 0 Å². The third-order valence-corrected chi connectivity index (χ3v) is 3.09. The molecule has 0 N–H and O–H groups in total. The molecule has 92 valence electrons. The molecule has 1 aliphatic rings. The molecule has 1 aromatic heterocycles. The summed E-state index contributed by atoms with van der Waals surface area (Å²) in [5.41, 5.74) is 0. The lowest BCUT2D eigenvalue weighted by Gasteiger charge is -2.35. The van der Waals surface area contributed by atoms with Crippen LogP contribution < -0.4 is 4.90 Å². The number of hydrogen-bond acceptors (Lipinski definition) is 3. The quantitative estimate of drug-likeness (QED) is 0.747. The van der Waals surface area contributed by atoms with Gasteiger partial charge in [0.15, 0.2) is 0 Å². The van der Waals surface area contributed by atoms with Crippen LogP contribution in [0.15, 0.2) is 24.4 Å². The van der Waals surface area contributed by atoms with E-state index in [2.05, 4.69) is 9.88 Å². The van der Waals surface area contributed by atoms with Crippen LogP contribution in [0, 0.1) is 0 Å². The molecule has 1 saturated heterocycles. The lowest BCUT2D eigenvalue weighted by Crippen LogP contribution is -2.50. The molecule has 17 heavy (non-hydrogen) atoms. The first-order chi connectivity index (χ1) is 8.18. The second kappa shape index (κ2) is 5.36. The van der Waals surface area contributed by atoms with E-state index in [1.165, 1.54) is 0 Å². The molecular formula is C12H16ClN3O. The molecule has 1 fully saturated rings. The summed E-state index contributed by atoms with van der Waals surface area (Å²) in [7, 11) is 0. The Morgan fingerprint density at radius 1 is 1.35 bits per heavy atom. The molecule has 1 unspecified atom stereocenters. The fourth-order valence-electron chi connectivity index (χ4n) is 1.95. The monoisotopic (exact) mass is 253 g/mol. The smallest absolute Gasteiger partial charge is 0.240 e. The summed E-state index contributed by atoms with van der Waals surface area (Å²) in [6.07, 6.45) is 1.79. The third kappa shape index (κ3) is 2.88. The number of anilines is 1. The Labute approximate surface area is 106 Å². The molecule has 0 spiro atoms. The number of carbonyl (C=O) groups excluding carboxylic acids is 1. The molecule has 1 amide bonds. The Kier molecular flexibility index (Phi) is 3.84. The molecule has 0 saturated carbocycles. The van der Waals surface area contributed by atoms with Crippen molar-refractivity contribution in [1.82, 2.24) is 9.88 Å². The fourth-order valence-corrected chi connectivity index (χ4v) is 2.09. The molecule has 0 bridgehead atoms. The van der Waals surface area contributed by atoms with Gasteiger partial charge in [-0.15, -0.1) is 11.6 Å². The highest BCUT2D eigenvalue weighted by molar-refractivity contribution is 6.30. The first-order valence-electron chi connectivity index (χ1n) is 5.77. The van der Waals surface area contributed by atoms with Crippen LogP contribution in [0.1, 0.15) is 6.92 Å². The van der Waals surface area contributed by atoms with Gasteiger partial charge in [0.2, 0.25) is 5.91 Å². The minimum atomic E-state index is -0.434. The topological polar surface area (TPSA) is 36.4 Å². The van der Waals surface area contributed by atoms with Gasteiger partial charge in [0.1, 0.15) is 11.2 Å². The van der Waals surface area contributed by atoms with E-state index in [1.807, 2.05) is 23.1 Å². The molecule has 0 aliphatic carbocycles. The average Bonchev–Trinajstić information content (AvgIpc) is 2.39. The first-order valence-corrected chi connectivity index (χ1v) is 6.21. The minimum Gasteiger partial charge on any atom is -0.353 e. The molecule has 0 aromatic carbocycles. The van der Waals surface area contributed by atoms with Crippen molar-refractivity contribution in [1.29, 1.82) is 0 Å². The van der Waals surface area contributed by atoms with Gasteiger partial charge in [0, 0.05) is 32.4 Å². The highest BCUT2D eigenvalue weighted by atomic mass is 35.5. The van der Waals surface area contributed by atoms with Crippen LogP contribution in [0.3, 0.4) is 0 Å². The van der Waals surface area contributed by atoms with Gasteiger partial charge in [-0.3, -0.25) is 4.79 Å². The van der Waals surface area contributed by atoms with E-state index in [0.29, 0.717) is 13.1 Å². The second-order valence-corrected chi connectivity index (χ2v) is 4.77. The molecule has 1 atom stereocenters. The van der Waals surface area contributed by atoms with Gasteiger partial charge in [-0.1, -0.05) is 6.07 Å². The largest absolute Gasteiger partial charge is 0.353 e. The van der Waals surface area contributed by atoms with Crippen molar-refractivity contribution in [3.63, 3.8) is 0 Å². The average molecular weight is 254 g/mol. The van der Waals surface area contributed by atoms with Crippen molar-refractivity contribution in [2.24, 2.45) is 0 Å². The van der Waals surface area contributed by atoms with Crippen molar-refractivity contribution < 1.29 is 4.79 Å². The maximum Gasteiger partial charge on any atom is 0.240 e. The SMILES string of the molecule is CC(Cl)C(=O)N1CCN(c2ccccn2)CC1. The van der Waals surface area contributed by atoms with Gasteiger partial charge in [-0.25, -0.2) is 4.98 Å². The molecule has 1 aliphatic heterocycles. The predicted octanol–water partition coefficient (Wildman–Crippen LogP) is 1.36. The number of amides is 1. The lowest BCUT2D eigenvalue weighted by atomic mass is 10.2. The Morgan fingerprint density at radius 2 is 2.06 bits per heavy atom. The van der Waals surface area contributed by atoms with Gasteiger partial charge < -0.3 is 9.80 Å². The maximum atomic E-state index is 11.7. The van der Waals surface area contributed by atoms with Crippen molar-refractivity contribution in [3.05, 3.63) is 24.4 Å². The van der Waals surface area contributed by atoms with Crippen molar-refractivity contribution in [2.45, 2.75) is 12.3 Å². The van der Waals surface area contributed by atoms with E-state index in [4.69, 9.17) is 11.6 Å². The highest BCUT2D eigenvalue weighted by Crippen LogP contribution is 2.13. The lowest BCUT2D eigenvalue weighted by molar-refractivity contribution is -0.130. The van der Waals surface area contributed by atoms with Gasteiger partial charge in [-0.05, 0) is 19.1 Å². The van der Waals surface area contributed by atoms with Crippen LogP contribution in [0.5, 0.6) is 0 Å². The number of carbonyl (C=O) groups is 1. The van der Waals surface area contributed by atoms with Crippen LogP contribution in [0.25, 0.3) is 0 Å². The fraction of sp³-hybridized carbons (Fsp3) is 0.500. The molecule has 0 radical (unpaired) electrons. The maximum absolute atomic E-state index is 11.7. The van der Waals surface area contributed by atoms with Crippen molar-refractivity contribution >= 4 is 23.3 Å². The Morgan fingerprint density at radius 3 is 2.59 bits per heavy atom. The van der Waals surface area contributed by atoms with Crippen LogP contribution in [-0.2, 0) is 4.79 Å². The van der Waals surface area contributed by atoms with E-state index in [9.17, 15) is 4.79 Å². The zero-order valence-corrected chi connectivity index (χ0v) is 10.6. The first kappa shape index (κ1) is 12.2. The number of pyridine rings is 1. The second-order valence-electron chi connectivity index (χ2n) is 4.12. The van der Waals surface area contributed by atoms with E-state index in [0.717, 1.165) is 18.9 Å². The summed E-state index contributed by atoms with van der Waals surface area (Å²) in [6.45, 7) is 4.77. The number of piperazine rings is 1. The molecule has 1 aromatic rings. The summed E-state index contributed by atoms with van der Waals surface area (Å²) >= 11 is 5.80. The number of hydrogen-bond donors (Lipinski definition) is 0. The summed E-state index contributed by atoms with van der Waals surface area (Å²) < 4.78 is 0. The normalized spacial score (nSPS) is 18.0. The zero-order valence-electron chi connectivity index (χ0n) is 9.84. The number of nitrogens with zero attached hydrogens (tertiary/aromatic N) is 3. The van der Waals surface area contributed by atoms with E-state index in [1.54, 1.807) is 13.1 Å². The van der Waals surface area contributed by atoms with E-state index >= 15 is 0 Å². The standard InChI is InChI=1S/C12H16ClN3O/c1-10(13)12(17)16-8-6-15(7-9-16)11-4-2-3-5-14-11/h2-5,10H,6-9H2,1H3. The van der Waals surface area contributed by atoms with Gasteiger partial charge in [-0.2, -0.15) is 0 Å². The molecule has 2 heterocycles. The number of rotatable bonds is 2. The third-order valence-electron chi connectivity index (χ3n) is 2.90. The number of aromatic nitrogens is 1.